The summed E-state index contributed by atoms with van der Waals surface area (Å²) >= 11 is 1.66. The van der Waals surface area contributed by atoms with Crippen LogP contribution in [0.25, 0.3) is 10.6 Å². The van der Waals surface area contributed by atoms with Gasteiger partial charge in [-0.1, -0.05) is 6.07 Å². The molecule has 1 N–H and O–H groups in total. The predicted octanol–water partition coefficient (Wildman–Crippen LogP) is 2.44. The number of nitrogens with one attached hydrogen (secondary N) is 1. The third-order valence-corrected chi connectivity index (χ3v) is 3.88. The minimum atomic E-state index is -0.0944. The Labute approximate surface area is 126 Å². The van der Waals surface area contributed by atoms with Crippen molar-refractivity contribution in [1.29, 1.82) is 0 Å². The normalized spacial score (nSPS) is 10.5. The van der Waals surface area contributed by atoms with Crippen molar-refractivity contribution < 1.29 is 4.79 Å². The second-order valence-electron chi connectivity index (χ2n) is 4.43. The standard InChI is InChI=1S/C15H14N4OS/c20-15(12-3-6-16-7-4-12)17-8-10-19-9-5-13(18-19)14-2-1-11-21-14/h1-7,9,11H,8,10H2,(H,17,20). The molecule has 0 bridgehead atoms. The predicted molar refractivity (Wildman–Crippen MR) is 82.1 cm³/mol. The number of hydrogen-bond acceptors (Lipinski definition) is 4. The molecule has 0 unspecified atom stereocenters. The van der Waals surface area contributed by atoms with Crippen LogP contribution in [0.2, 0.25) is 0 Å². The van der Waals surface area contributed by atoms with E-state index in [-0.39, 0.29) is 5.91 Å². The highest BCUT2D eigenvalue weighted by molar-refractivity contribution is 7.13. The molecule has 0 fully saturated rings. The quantitative estimate of drug-likeness (QED) is 0.787. The van der Waals surface area contributed by atoms with Crippen LogP contribution in [0, 0.1) is 0 Å². The Morgan fingerprint density at radius 1 is 1.24 bits per heavy atom. The fourth-order valence-electron chi connectivity index (χ4n) is 1.93. The first-order valence-electron chi connectivity index (χ1n) is 6.58. The summed E-state index contributed by atoms with van der Waals surface area (Å²) in [6.07, 6.45) is 5.14. The Hall–Kier alpha value is -2.47. The zero-order valence-electron chi connectivity index (χ0n) is 11.3. The van der Waals surface area contributed by atoms with Gasteiger partial charge in [0.2, 0.25) is 0 Å². The van der Waals surface area contributed by atoms with Crippen LogP contribution >= 0.6 is 11.3 Å². The van der Waals surface area contributed by atoms with E-state index in [1.165, 1.54) is 0 Å². The van der Waals surface area contributed by atoms with Crippen molar-refractivity contribution in [2.45, 2.75) is 6.54 Å². The number of carbonyl (C=O) groups is 1. The monoisotopic (exact) mass is 298 g/mol. The number of hydrogen-bond donors (Lipinski definition) is 1. The van der Waals surface area contributed by atoms with Gasteiger partial charge in [0.15, 0.2) is 0 Å². The zero-order chi connectivity index (χ0) is 14.5. The van der Waals surface area contributed by atoms with Crippen molar-refractivity contribution in [3.05, 3.63) is 59.9 Å². The average molecular weight is 298 g/mol. The van der Waals surface area contributed by atoms with Crippen LogP contribution in [0.1, 0.15) is 10.4 Å². The molecule has 0 aromatic carbocycles. The van der Waals surface area contributed by atoms with E-state index in [0.29, 0.717) is 18.7 Å². The maximum absolute atomic E-state index is 11.9. The number of aromatic nitrogens is 3. The molecule has 6 heteroatoms. The van der Waals surface area contributed by atoms with E-state index in [4.69, 9.17) is 0 Å². The summed E-state index contributed by atoms with van der Waals surface area (Å²) in [6, 6.07) is 9.42. The van der Waals surface area contributed by atoms with Gasteiger partial charge in [-0.2, -0.15) is 5.10 Å². The third kappa shape index (κ3) is 3.35. The van der Waals surface area contributed by atoms with Crippen LogP contribution in [0.15, 0.2) is 54.3 Å². The number of nitrogens with zero attached hydrogens (tertiary/aromatic N) is 3. The van der Waals surface area contributed by atoms with Crippen LogP contribution in [0.4, 0.5) is 0 Å². The number of carbonyl (C=O) groups excluding carboxylic acids is 1. The van der Waals surface area contributed by atoms with Gasteiger partial charge in [0, 0.05) is 30.7 Å². The van der Waals surface area contributed by atoms with E-state index < -0.39 is 0 Å². The van der Waals surface area contributed by atoms with Gasteiger partial charge in [-0.25, -0.2) is 0 Å². The molecular weight excluding hydrogens is 284 g/mol. The average Bonchev–Trinajstić information content (AvgIpc) is 3.19. The van der Waals surface area contributed by atoms with Gasteiger partial charge in [0.05, 0.1) is 11.4 Å². The van der Waals surface area contributed by atoms with E-state index in [2.05, 4.69) is 15.4 Å². The molecule has 5 nitrogen and oxygen atoms in total. The lowest BCUT2D eigenvalue weighted by Crippen LogP contribution is -2.27. The number of rotatable bonds is 5. The van der Waals surface area contributed by atoms with Crippen LogP contribution < -0.4 is 5.32 Å². The van der Waals surface area contributed by atoms with Crippen molar-refractivity contribution in [1.82, 2.24) is 20.1 Å². The lowest BCUT2D eigenvalue weighted by molar-refractivity contribution is 0.0952. The number of pyridine rings is 1. The molecule has 0 spiro atoms. The molecule has 3 rings (SSSR count). The molecule has 3 heterocycles. The molecule has 0 atom stereocenters. The summed E-state index contributed by atoms with van der Waals surface area (Å²) in [5.74, 6) is -0.0944. The minimum Gasteiger partial charge on any atom is -0.350 e. The van der Waals surface area contributed by atoms with Crippen LogP contribution in [0.5, 0.6) is 0 Å². The summed E-state index contributed by atoms with van der Waals surface area (Å²) in [7, 11) is 0. The molecule has 3 aromatic rings. The fourth-order valence-corrected chi connectivity index (χ4v) is 2.62. The van der Waals surface area contributed by atoms with Crippen LogP contribution in [0.3, 0.4) is 0 Å². The highest BCUT2D eigenvalue weighted by Gasteiger charge is 2.05. The van der Waals surface area contributed by atoms with Gasteiger partial charge in [-0.15, -0.1) is 11.3 Å². The SMILES string of the molecule is O=C(NCCn1ccc(-c2cccs2)n1)c1ccncc1. The highest BCUT2D eigenvalue weighted by atomic mass is 32.1. The number of amides is 1. The van der Waals surface area contributed by atoms with E-state index in [0.717, 1.165) is 10.6 Å². The first kappa shape index (κ1) is 13.5. The lowest BCUT2D eigenvalue weighted by Gasteiger charge is -2.05. The first-order chi connectivity index (χ1) is 10.3. The van der Waals surface area contributed by atoms with Crippen LogP contribution in [-0.2, 0) is 6.54 Å². The van der Waals surface area contributed by atoms with Crippen molar-refractivity contribution in [3.8, 4) is 10.6 Å². The number of thiophene rings is 1. The molecule has 0 saturated heterocycles. The van der Waals surface area contributed by atoms with Gasteiger partial charge in [0.1, 0.15) is 5.69 Å². The van der Waals surface area contributed by atoms with Crippen molar-refractivity contribution >= 4 is 17.2 Å². The van der Waals surface area contributed by atoms with Crippen molar-refractivity contribution in [2.75, 3.05) is 6.54 Å². The third-order valence-electron chi connectivity index (χ3n) is 2.98. The zero-order valence-corrected chi connectivity index (χ0v) is 12.1. The van der Waals surface area contributed by atoms with Gasteiger partial charge in [-0.3, -0.25) is 14.5 Å². The molecule has 1 amide bonds. The van der Waals surface area contributed by atoms with Gasteiger partial charge >= 0.3 is 0 Å². The Balaban J connectivity index is 1.53. The van der Waals surface area contributed by atoms with Crippen LogP contribution in [-0.4, -0.2) is 27.2 Å². The summed E-state index contributed by atoms with van der Waals surface area (Å²) in [4.78, 5) is 16.9. The molecule has 0 aliphatic heterocycles. The first-order valence-corrected chi connectivity index (χ1v) is 7.46. The molecule has 106 valence electrons. The molecule has 0 aliphatic rings. The van der Waals surface area contributed by atoms with Crippen molar-refractivity contribution in [3.63, 3.8) is 0 Å². The molecule has 0 saturated carbocycles. The fraction of sp³-hybridized carbons (Fsp3) is 0.133. The summed E-state index contributed by atoms with van der Waals surface area (Å²) < 4.78 is 1.84. The smallest absolute Gasteiger partial charge is 0.251 e. The topological polar surface area (TPSA) is 59.8 Å². The maximum Gasteiger partial charge on any atom is 0.251 e. The Morgan fingerprint density at radius 3 is 2.86 bits per heavy atom. The Morgan fingerprint density at radius 2 is 2.10 bits per heavy atom. The minimum absolute atomic E-state index is 0.0944. The highest BCUT2D eigenvalue weighted by Crippen LogP contribution is 2.22. The maximum atomic E-state index is 11.9. The van der Waals surface area contributed by atoms with E-state index in [9.17, 15) is 4.79 Å². The van der Waals surface area contributed by atoms with Gasteiger partial charge < -0.3 is 5.32 Å². The van der Waals surface area contributed by atoms with Crippen molar-refractivity contribution in [2.24, 2.45) is 0 Å². The molecule has 0 radical (unpaired) electrons. The molecule has 3 aromatic heterocycles. The largest absolute Gasteiger partial charge is 0.350 e. The molecule has 21 heavy (non-hydrogen) atoms. The Bertz CT molecular complexity index is 706. The van der Waals surface area contributed by atoms with E-state index >= 15 is 0 Å². The summed E-state index contributed by atoms with van der Waals surface area (Å²) in [5.41, 5.74) is 1.58. The summed E-state index contributed by atoms with van der Waals surface area (Å²) in [6.45, 7) is 1.18. The second kappa shape index (κ2) is 6.32. The molecular formula is C15H14N4OS. The Kier molecular flexibility index (Phi) is 4.07. The lowest BCUT2D eigenvalue weighted by atomic mass is 10.2. The summed E-state index contributed by atoms with van der Waals surface area (Å²) in [5, 5.41) is 9.39. The van der Waals surface area contributed by atoms with Gasteiger partial charge in [0.25, 0.3) is 5.91 Å². The van der Waals surface area contributed by atoms with Gasteiger partial charge in [-0.05, 0) is 29.6 Å². The molecule has 0 aliphatic carbocycles. The van der Waals surface area contributed by atoms with E-state index in [1.54, 1.807) is 35.9 Å². The second-order valence-corrected chi connectivity index (χ2v) is 5.38. The van der Waals surface area contributed by atoms with E-state index in [1.807, 2.05) is 34.5 Å².